The third kappa shape index (κ3) is 5.01. The van der Waals surface area contributed by atoms with Crippen molar-refractivity contribution in [3.63, 3.8) is 0 Å². The standard InChI is InChI=1S/C25H22F4N4O4/c1-32-4-6-33(7-5-32)20-11-18(26)15(14-2-3-21-22(8-14)37-13-36-21)9-19(20)31-24(35)16-12-30-23(34)10-17(16)25(27,28)29/h2-3,8-12,16H,4-7,13H2,1H3,(H,31,35). The molecule has 0 aromatic heterocycles. The number of likely N-dealkylation sites (N-methyl/N-ethyl adjacent to an activating group) is 1. The second-order valence-corrected chi connectivity index (χ2v) is 8.89. The molecule has 3 heterocycles. The number of halogens is 4. The number of aliphatic imine (C=N–C) groups is 1. The lowest BCUT2D eigenvalue weighted by Crippen LogP contribution is -2.45. The number of alkyl halides is 3. The van der Waals surface area contributed by atoms with Crippen molar-refractivity contribution in [1.82, 2.24) is 4.90 Å². The molecule has 1 atom stereocenters. The average Bonchev–Trinajstić information content (AvgIpc) is 3.33. The summed E-state index contributed by atoms with van der Waals surface area (Å²) in [6, 6.07) is 7.49. The number of nitrogens with one attached hydrogen (secondary N) is 1. The van der Waals surface area contributed by atoms with Crippen molar-refractivity contribution < 1.29 is 36.6 Å². The number of nitrogens with zero attached hydrogens (tertiary/aromatic N) is 3. The van der Waals surface area contributed by atoms with Gasteiger partial charge in [0.1, 0.15) is 11.7 Å². The van der Waals surface area contributed by atoms with E-state index in [1.165, 1.54) is 12.1 Å². The van der Waals surface area contributed by atoms with E-state index in [-0.39, 0.29) is 18.0 Å². The van der Waals surface area contributed by atoms with Gasteiger partial charge in [-0.05, 0) is 36.9 Å². The van der Waals surface area contributed by atoms with E-state index in [1.807, 2.05) is 11.9 Å². The van der Waals surface area contributed by atoms with Gasteiger partial charge in [0, 0.05) is 44.0 Å². The summed E-state index contributed by atoms with van der Waals surface area (Å²) < 4.78 is 66.8. The predicted molar refractivity (Wildman–Crippen MR) is 127 cm³/mol. The Balaban J connectivity index is 1.53. The molecule has 0 aliphatic carbocycles. The first-order chi connectivity index (χ1) is 17.6. The van der Waals surface area contributed by atoms with Crippen molar-refractivity contribution in [2.75, 3.05) is 50.2 Å². The summed E-state index contributed by atoms with van der Waals surface area (Å²) in [4.78, 5) is 31.9. The summed E-state index contributed by atoms with van der Waals surface area (Å²) in [5.74, 6) is -3.62. The van der Waals surface area contributed by atoms with Crippen LogP contribution in [0.25, 0.3) is 11.1 Å². The summed E-state index contributed by atoms with van der Waals surface area (Å²) in [5.41, 5.74) is -0.294. The molecule has 2 aromatic carbocycles. The second kappa shape index (κ2) is 9.51. The van der Waals surface area contributed by atoms with Gasteiger partial charge in [-0.3, -0.25) is 9.59 Å². The van der Waals surface area contributed by atoms with Crippen LogP contribution in [0.3, 0.4) is 0 Å². The number of fused-ring (bicyclic) bond motifs is 1. The van der Waals surface area contributed by atoms with E-state index in [1.54, 1.807) is 18.2 Å². The van der Waals surface area contributed by atoms with Gasteiger partial charge in [-0.15, -0.1) is 0 Å². The van der Waals surface area contributed by atoms with Crippen molar-refractivity contribution in [1.29, 1.82) is 0 Å². The second-order valence-electron chi connectivity index (χ2n) is 8.89. The largest absolute Gasteiger partial charge is 0.454 e. The van der Waals surface area contributed by atoms with E-state index in [4.69, 9.17) is 9.47 Å². The molecule has 0 saturated carbocycles. The van der Waals surface area contributed by atoms with E-state index in [9.17, 15) is 22.8 Å². The molecule has 1 N–H and O–H groups in total. The van der Waals surface area contributed by atoms with E-state index in [2.05, 4.69) is 15.2 Å². The van der Waals surface area contributed by atoms with Crippen LogP contribution < -0.4 is 19.7 Å². The summed E-state index contributed by atoms with van der Waals surface area (Å²) in [7, 11) is 1.94. The molecule has 0 radical (unpaired) electrons. The van der Waals surface area contributed by atoms with Gasteiger partial charge in [0.25, 0.3) is 5.91 Å². The van der Waals surface area contributed by atoms with Crippen molar-refractivity contribution in [3.05, 3.63) is 47.8 Å². The molecule has 0 bridgehead atoms. The Morgan fingerprint density at radius 1 is 1.08 bits per heavy atom. The number of hydrogen-bond donors (Lipinski definition) is 1. The number of carbonyl (C=O) groups is 2. The Hall–Kier alpha value is -3.93. The van der Waals surface area contributed by atoms with E-state index < -0.39 is 35.3 Å². The molecule has 12 heteroatoms. The van der Waals surface area contributed by atoms with E-state index in [0.717, 1.165) is 0 Å². The summed E-state index contributed by atoms with van der Waals surface area (Å²) in [6.45, 7) is 2.44. The van der Waals surface area contributed by atoms with Crippen LogP contribution in [0.4, 0.5) is 28.9 Å². The Bertz CT molecular complexity index is 1320. The van der Waals surface area contributed by atoms with Crippen molar-refractivity contribution >= 4 is 29.4 Å². The van der Waals surface area contributed by atoms with Gasteiger partial charge in [-0.2, -0.15) is 13.2 Å². The normalized spacial score (nSPS) is 19.7. The van der Waals surface area contributed by atoms with Gasteiger partial charge < -0.3 is 24.6 Å². The van der Waals surface area contributed by atoms with Crippen LogP contribution in [0.15, 0.2) is 47.0 Å². The maximum absolute atomic E-state index is 15.4. The molecule has 37 heavy (non-hydrogen) atoms. The maximum Gasteiger partial charge on any atom is 0.414 e. The van der Waals surface area contributed by atoms with Crippen molar-refractivity contribution in [2.24, 2.45) is 10.9 Å². The molecule has 1 fully saturated rings. The number of piperazine rings is 1. The Labute approximate surface area is 209 Å². The van der Waals surface area contributed by atoms with Gasteiger partial charge >= 0.3 is 6.18 Å². The molecule has 3 aliphatic heterocycles. The molecule has 1 unspecified atom stereocenters. The maximum atomic E-state index is 15.4. The minimum absolute atomic E-state index is 0.0332. The van der Waals surface area contributed by atoms with Gasteiger partial charge in [0.2, 0.25) is 12.7 Å². The average molecular weight is 518 g/mol. The lowest BCUT2D eigenvalue weighted by atomic mass is 9.95. The zero-order valence-electron chi connectivity index (χ0n) is 19.6. The first kappa shape index (κ1) is 24.8. The highest BCUT2D eigenvalue weighted by Gasteiger charge is 2.43. The van der Waals surface area contributed by atoms with Crippen molar-refractivity contribution in [2.45, 2.75) is 6.18 Å². The Morgan fingerprint density at radius 2 is 1.81 bits per heavy atom. The molecule has 2 amide bonds. The quantitative estimate of drug-likeness (QED) is 0.623. The van der Waals surface area contributed by atoms with Crippen LogP contribution in [0, 0.1) is 11.7 Å². The first-order valence-corrected chi connectivity index (χ1v) is 11.4. The van der Waals surface area contributed by atoms with E-state index in [0.29, 0.717) is 61.2 Å². The highest BCUT2D eigenvalue weighted by molar-refractivity contribution is 6.11. The third-order valence-electron chi connectivity index (χ3n) is 6.45. The number of benzene rings is 2. The van der Waals surface area contributed by atoms with Gasteiger partial charge in [-0.1, -0.05) is 6.07 Å². The molecule has 1 saturated heterocycles. The van der Waals surface area contributed by atoms with Gasteiger partial charge in [-0.25, -0.2) is 9.38 Å². The number of rotatable bonds is 4. The fraction of sp³-hybridized carbons (Fsp3) is 0.320. The summed E-state index contributed by atoms with van der Waals surface area (Å²) >= 11 is 0. The number of hydrogen-bond acceptors (Lipinski definition) is 6. The molecule has 8 nitrogen and oxygen atoms in total. The van der Waals surface area contributed by atoms with Crippen molar-refractivity contribution in [3.8, 4) is 22.6 Å². The van der Waals surface area contributed by atoms with Crippen LogP contribution >= 0.6 is 0 Å². The smallest absolute Gasteiger partial charge is 0.414 e. The number of ether oxygens (including phenoxy) is 2. The molecule has 5 rings (SSSR count). The van der Waals surface area contributed by atoms with Gasteiger partial charge in [0.15, 0.2) is 11.5 Å². The van der Waals surface area contributed by atoms with Crippen LogP contribution in [0.2, 0.25) is 0 Å². The number of anilines is 2. The number of carbonyl (C=O) groups excluding carboxylic acids is 2. The fourth-order valence-corrected chi connectivity index (χ4v) is 4.42. The van der Waals surface area contributed by atoms with Crippen LogP contribution in [0.5, 0.6) is 11.5 Å². The third-order valence-corrected chi connectivity index (χ3v) is 6.45. The lowest BCUT2D eigenvalue weighted by Gasteiger charge is -2.35. The minimum Gasteiger partial charge on any atom is -0.454 e. The molecular weight excluding hydrogens is 496 g/mol. The molecular formula is C25H22F4N4O4. The molecule has 2 aromatic rings. The highest BCUT2D eigenvalue weighted by atomic mass is 19.4. The summed E-state index contributed by atoms with van der Waals surface area (Å²) in [6.07, 6.45) is -3.92. The Kier molecular flexibility index (Phi) is 6.36. The Morgan fingerprint density at radius 3 is 2.54 bits per heavy atom. The van der Waals surface area contributed by atoms with Crippen LogP contribution in [-0.2, 0) is 9.59 Å². The number of amides is 2. The summed E-state index contributed by atoms with van der Waals surface area (Å²) in [5, 5.41) is 2.54. The first-order valence-electron chi connectivity index (χ1n) is 11.4. The molecule has 3 aliphatic rings. The fourth-order valence-electron chi connectivity index (χ4n) is 4.42. The zero-order chi connectivity index (χ0) is 26.3. The predicted octanol–water partition coefficient (Wildman–Crippen LogP) is 3.63. The molecule has 194 valence electrons. The number of dihydropyridines is 1. The zero-order valence-corrected chi connectivity index (χ0v) is 19.6. The van der Waals surface area contributed by atoms with Crippen LogP contribution in [-0.4, -0.2) is 69.1 Å². The van der Waals surface area contributed by atoms with Crippen LogP contribution in [0.1, 0.15) is 0 Å². The lowest BCUT2D eigenvalue weighted by molar-refractivity contribution is -0.124. The highest BCUT2D eigenvalue weighted by Crippen LogP contribution is 2.40. The minimum atomic E-state index is -4.91. The van der Waals surface area contributed by atoms with E-state index >= 15 is 4.39 Å². The SMILES string of the molecule is CN1CCN(c2cc(F)c(-c3ccc4c(c3)OCO4)cc2NC(=O)C2C=NC(=O)C=C2C(F)(F)F)CC1. The molecule has 0 spiro atoms. The van der Waals surface area contributed by atoms with Gasteiger partial charge in [0.05, 0.1) is 16.9 Å². The topological polar surface area (TPSA) is 83.5 Å². The monoisotopic (exact) mass is 518 g/mol.